The number of benzene rings is 2. The Morgan fingerprint density at radius 2 is 1.79 bits per heavy atom. The Morgan fingerprint density at radius 3 is 2.42 bits per heavy atom. The Balaban J connectivity index is 2.12. The van der Waals surface area contributed by atoms with Crippen molar-refractivity contribution in [2.75, 3.05) is 6.61 Å². The fourth-order valence-corrected chi connectivity index (χ4v) is 2.25. The van der Waals surface area contributed by atoms with Crippen LogP contribution in [0.4, 0.5) is 0 Å². The van der Waals surface area contributed by atoms with Crippen LogP contribution in [0.2, 0.25) is 5.02 Å². The van der Waals surface area contributed by atoms with Crippen LogP contribution in [0.3, 0.4) is 0 Å². The molecule has 124 valence electrons. The Kier molecular flexibility index (Phi) is 6.58. The molecule has 4 nitrogen and oxygen atoms in total. The van der Waals surface area contributed by atoms with Crippen molar-refractivity contribution in [2.45, 2.75) is 12.5 Å². The van der Waals surface area contributed by atoms with Crippen molar-refractivity contribution in [3.05, 3.63) is 83.4 Å². The summed E-state index contributed by atoms with van der Waals surface area (Å²) >= 11 is 5.82. The van der Waals surface area contributed by atoms with Gasteiger partial charge in [-0.2, -0.15) is 0 Å². The number of amides is 1. The first kappa shape index (κ1) is 17.8. The monoisotopic (exact) mass is 343 g/mol. The summed E-state index contributed by atoms with van der Waals surface area (Å²) in [5, 5.41) is 3.26. The minimum atomic E-state index is -0.782. The van der Waals surface area contributed by atoms with Crippen LogP contribution in [0.5, 0.6) is 0 Å². The third kappa shape index (κ3) is 5.25. The van der Waals surface area contributed by atoms with Gasteiger partial charge >= 0.3 is 5.97 Å². The molecule has 0 spiro atoms. The van der Waals surface area contributed by atoms with Crippen molar-refractivity contribution in [2.24, 2.45) is 0 Å². The zero-order valence-electron chi connectivity index (χ0n) is 13.1. The molecule has 0 fully saturated rings. The van der Waals surface area contributed by atoms with E-state index in [4.69, 9.17) is 16.3 Å². The van der Waals surface area contributed by atoms with E-state index in [1.54, 1.807) is 24.3 Å². The average Bonchev–Trinajstić information content (AvgIpc) is 2.60. The maximum absolute atomic E-state index is 12.4. The molecule has 0 aliphatic carbocycles. The molecule has 0 saturated heterocycles. The first-order valence-corrected chi connectivity index (χ1v) is 7.86. The second kappa shape index (κ2) is 8.89. The molecule has 0 aliphatic heterocycles. The summed E-state index contributed by atoms with van der Waals surface area (Å²) in [6.45, 7) is 3.61. The molecule has 1 amide bonds. The Hall–Kier alpha value is -2.59. The van der Waals surface area contributed by atoms with Gasteiger partial charge in [-0.25, -0.2) is 4.79 Å². The van der Waals surface area contributed by atoms with Gasteiger partial charge in [0.1, 0.15) is 12.6 Å². The summed E-state index contributed by atoms with van der Waals surface area (Å²) in [6.07, 6.45) is 1.83. The normalized spacial score (nSPS) is 11.4. The lowest BCUT2D eigenvalue weighted by Crippen LogP contribution is -2.43. The predicted molar refractivity (Wildman–Crippen MR) is 94.0 cm³/mol. The van der Waals surface area contributed by atoms with Gasteiger partial charge in [0, 0.05) is 17.0 Å². The summed E-state index contributed by atoms with van der Waals surface area (Å²) in [4.78, 5) is 24.6. The molecule has 2 aromatic rings. The van der Waals surface area contributed by atoms with Crippen molar-refractivity contribution in [3.63, 3.8) is 0 Å². The largest absolute Gasteiger partial charge is 0.460 e. The molecule has 0 aliphatic rings. The topological polar surface area (TPSA) is 55.4 Å². The average molecular weight is 344 g/mol. The van der Waals surface area contributed by atoms with Crippen molar-refractivity contribution in [1.29, 1.82) is 0 Å². The second-order valence-electron chi connectivity index (χ2n) is 5.14. The molecule has 0 radical (unpaired) electrons. The highest BCUT2D eigenvalue weighted by atomic mass is 35.5. The summed E-state index contributed by atoms with van der Waals surface area (Å²) in [5.41, 5.74) is 1.35. The predicted octanol–water partition coefficient (Wildman–Crippen LogP) is 3.41. The maximum atomic E-state index is 12.4. The zero-order valence-corrected chi connectivity index (χ0v) is 13.8. The number of rotatable bonds is 7. The molecule has 2 rings (SSSR count). The number of halogens is 1. The minimum Gasteiger partial charge on any atom is -0.460 e. The molecular weight excluding hydrogens is 326 g/mol. The zero-order chi connectivity index (χ0) is 17.4. The van der Waals surface area contributed by atoms with Gasteiger partial charge in [0.2, 0.25) is 0 Å². The van der Waals surface area contributed by atoms with Crippen LogP contribution in [0.1, 0.15) is 15.9 Å². The molecule has 24 heavy (non-hydrogen) atoms. The van der Waals surface area contributed by atoms with Gasteiger partial charge in [-0.1, -0.05) is 54.6 Å². The van der Waals surface area contributed by atoms with Gasteiger partial charge in [0.15, 0.2) is 0 Å². The van der Waals surface area contributed by atoms with E-state index >= 15 is 0 Å². The van der Waals surface area contributed by atoms with E-state index in [0.29, 0.717) is 17.0 Å². The quantitative estimate of drug-likeness (QED) is 0.619. The summed E-state index contributed by atoms with van der Waals surface area (Å²) in [5.74, 6) is -0.857. The van der Waals surface area contributed by atoms with Crippen LogP contribution < -0.4 is 5.32 Å². The lowest BCUT2D eigenvalue weighted by Gasteiger charge is -2.17. The van der Waals surface area contributed by atoms with Crippen LogP contribution >= 0.6 is 11.6 Å². The summed E-state index contributed by atoms with van der Waals surface area (Å²) in [7, 11) is 0. The van der Waals surface area contributed by atoms with E-state index in [1.807, 2.05) is 30.3 Å². The van der Waals surface area contributed by atoms with E-state index in [1.165, 1.54) is 6.08 Å². The van der Waals surface area contributed by atoms with Crippen molar-refractivity contribution >= 4 is 23.5 Å². The van der Waals surface area contributed by atoms with Crippen LogP contribution in [0, 0.1) is 0 Å². The summed E-state index contributed by atoms with van der Waals surface area (Å²) < 4.78 is 5.09. The molecule has 0 bridgehead atoms. The third-order valence-electron chi connectivity index (χ3n) is 3.32. The van der Waals surface area contributed by atoms with Gasteiger partial charge in [-0.3, -0.25) is 4.79 Å². The molecular formula is C19H18ClNO3. The summed E-state index contributed by atoms with van der Waals surface area (Å²) in [6, 6.07) is 15.1. The lowest BCUT2D eigenvalue weighted by molar-refractivity contribution is -0.144. The van der Waals surface area contributed by atoms with Crippen LogP contribution in [-0.4, -0.2) is 24.5 Å². The first-order chi connectivity index (χ1) is 11.6. The molecule has 2 aromatic carbocycles. The molecule has 0 saturated carbocycles. The number of hydrogen-bond donors (Lipinski definition) is 1. The fourth-order valence-electron chi connectivity index (χ4n) is 2.13. The number of nitrogens with one attached hydrogen (secondary N) is 1. The number of hydrogen-bond acceptors (Lipinski definition) is 3. The molecule has 0 heterocycles. The third-order valence-corrected chi connectivity index (χ3v) is 3.57. The lowest BCUT2D eigenvalue weighted by atomic mass is 10.1. The van der Waals surface area contributed by atoms with Crippen molar-refractivity contribution < 1.29 is 14.3 Å². The molecule has 1 unspecified atom stereocenters. The molecule has 0 aromatic heterocycles. The van der Waals surface area contributed by atoms with Crippen molar-refractivity contribution in [3.8, 4) is 0 Å². The minimum absolute atomic E-state index is 0.0982. The Bertz CT molecular complexity index is 698. The van der Waals surface area contributed by atoms with E-state index in [-0.39, 0.29) is 12.5 Å². The number of esters is 1. The highest BCUT2D eigenvalue weighted by molar-refractivity contribution is 6.30. The van der Waals surface area contributed by atoms with E-state index < -0.39 is 12.0 Å². The van der Waals surface area contributed by atoms with Crippen LogP contribution in [0.15, 0.2) is 67.3 Å². The molecule has 1 N–H and O–H groups in total. The smallest absolute Gasteiger partial charge is 0.329 e. The van der Waals surface area contributed by atoms with Gasteiger partial charge in [0.25, 0.3) is 5.91 Å². The molecule has 5 heteroatoms. The van der Waals surface area contributed by atoms with Crippen LogP contribution in [-0.2, 0) is 16.0 Å². The van der Waals surface area contributed by atoms with Crippen LogP contribution in [0.25, 0.3) is 0 Å². The van der Waals surface area contributed by atoms with Crippen molar-refractivity contribution in [1.82, 2.24) is 5.32 Å². The Labute approximate surface area is 146 Å². The van der Waals surface area contributed by atoms with E-state index in [2.05, 4.69) is 11.9 Å². The number of carbonyl (C=O) groups excluding carboxylic acids is 2. The Morgan fingerprint density at radius 1 is 1.12 bits per heavy atom. The van der Waals surface area contributed by atoms with Gasteiger partial charge in [-0.05, 0) is 29.8 Å². The van der Waals surface area contributed by atoms with Gasteiger partial charge in [0.05, 0.1) is 0 Å². The number of carbonyl (C=O) groups is 2. The van der Waals surface area contributed by atoms with Gasteiger partial charge in [-0.15, -0.1) is 0 Å². The number of ether oxygens (including phenoxy) is 1. The molecule has 1 atom stereocenters. The fraction of sp³-hybridized carbons (Fsp3) is 0.158. The highest BCUT2D eigenvalue weighted by Gasteiger charge is 2.23. The standard InChI is InChI=1S/C19H18ClNO3/c1-2-12-24-19(23)17(13-14-6-4-3-5-7-14)21-18(22)15-8-10-16(20)11-9-15/h2-11,17H,1,12-13H2,(H,21,22). The first-order valence-electron chi connectivity index (χ1n) is 7.48. The van der Waals surface area contributed by atoms with E-state index in [9.17, 15) is 9.59 Å². The second-order valence-corrected chi connectivity index (χ2v) is 5.58. The SMILES string of the molecule is C=CCOC(=O)C(Cc1ccccc1)NC(=O)c1ccc(Cl)cc1. The van der Waals surface area contributed by atoms with E-state index in [0.717, 1.165) is 5.56 Å². The highest BCUT2D eigenvalue weighted by Crippen LogP contribution is 2.11. The maximum Gasteiger partial charge on any atom is 0.329 e. The van der Waals surface area contributed by atoms with Gasteiger partial charge < -0.3 is 10.1 Å².